The number of rotatable bonds is 2. The molecular weight excluding hydrogens is 176 g/mol. The highest BCUT2D eigenvalue weighted by molar-refractivity contribution is 8.01. The van der Waals surface area contributed by atoms with E-state index in [2.05, 4.69) is 4.74 Å². The summed E-state index contributed by atoms with van der Waals surface area (Å²) in [6.45, 7) is 0. The number of fused-ring (bicyclic) bond motifs is 1. The van der Waals surface area contributed by atoms with Crippen molar-refractivity contribution in [2.75, 3.05) is 12.9 Å². The van der Waals surface area contributed by atoms with Crippen molar-refractivity contribution in [2.24, 2.45) is 11.8 Å². The molecule has 0 unspecified atom stereocenters. The lowest BCUT2D eigenvalue weighted by Crippen LogP contribution is -2.08. The lowest BCUT2D eigenvalue weighted by Gasteiger charge is -1.99. The van der Waals surface area contributed by atoms with Gasteiger partial charge in [-0.05, 0) is 5.92 Å². The van der Waals surface area contributed by atoms with E-state index in [0.29, 0.717) is 23.2 Å². The van der Waals surface area contributed by atoms with Gasteiger partial charge in [-0.2, -0.15) is 0 Å². The highest BCUT2D eigenvalue weighted by atomic mass is 32.2. The average Bonchev–Trinajstić information content (AvgIpc) is 2.59. The fourth-order valence-corrected chi connectivity index (χ4v) is 3.32. The van der Waals surface area contributed by atoms with Crippen LogP contribution in [-0.4, -0.2) is 29.9 Å². The van der Waals surface area contributed by atoms with E-state index in [-0.39, 0.29) is 17.8 Å². The van der Waals surface area contributed by atoms with Gasteiger partial charge >= 0.3 is 5.97 Å². The largest absolute Gasteiger partial charge is 0.469 e. The molecule has 1 aliphatic heterocycles. The van der Waals surface area contributed by atoms with Crippen LogP contribution in [0.25, 0.3) is 0 Å². The van der Waals surface area contributed by atoms with Crippen molar-refractivity contribution in [1.29, 1.82) is 0 Å². The van der Waals surface area contributed by atoms with Crippen LogP contribution in [0.4, 0.5) is 0 Å². The number of carbonyl (C=O) groups excluding carboxylic acids is 2. The second-order valence-corrected chi connectivity index (χ2v) is 4.38. The third kappa shape index (κ3) is 1.14. The van der Waals surface area contributed by atoms with Gasteiger partial charge in [0, 0.05) is 11.2 Å². The van der Waals surface area contributed by atoms with Crippen LogP contribution in [0.1, 0.15) is 6.42 Å². The maximum Gasteiger partial charge on any atom is 0.305 e. The summed E-state index contributed by atoms with van der Waals surface area (Å²) in [5.74, 6) is 1.23. The number of methoxy groups -OCH3 is 1. The Labute approximate surface area is 74.8 Å². The number of ketones is 1. The summed E-state index contributed by atoms with van der Waals surface area (Å²) in [4.78, 5) is 22.0. The molecule has 2 fully saturated rings. The first kappa shape index (κ1) is 8.10. The molecule has 0 amide bonds. The van der Waals surface area contributed by atoms with Gasteiger partial charge in [0.2, 0.25) is 0 Å². The van der Waals surface area contributed by atoms with E-state index >= 15 is 0 Å². The van der Waals surface area contributed by atoms with Gasteiger partial charge in [-0.3, -0.25) is 9.59 Å². The molecule has 0 aromatic rings. The molecule has 2 aliphatic rings. The van der Waals surface area contributed by atoms with Gasteiger partial charge in [-0.15, -0.1) is 11.8 Å². The van der Waals surface area contributed by atoms with E-state index in [0.717, 1.165) is 0 Å². The Hall–Kier alpha value is -0.510. The van der Waals surface area contributed by atoms with E-state index in [1.54, 1.807) is 11.8 Å². The summed E-state index contributed by atoms with van der Waals surface area (Å²) >= 11 is 1.68. The monoisotopic (exact) mass is 186 g/mol. The molecule has 3 atom stereocenters. The Morgan fingerprint density at radius 1 is 1.75 bits per heavy atom. The third-order valence-corrected chi connectivity index (χ3v) is 4.00. The Kier molecular flexibility index (Phi) is 1.87. The Morgan fingerprint density at radius 2 is 2.50 bits per heavy atom. The molecule has 0 radical (unpaired) electrons. The third-order valence-electron chi connectivity index (χ3n) is 2.52. The van der Waals surface area contributed by atoms with Crippen LogP contribution in [0.5, 0.6) is 0 Å². The van der Waals surface area contributed by atoms with Crippen LogP contribution in [0.3, 0.4) is 0 Å². The van der Waals surface area contributed by atoms with Crippen LogP contribution in [0, 0.1) is 11.8 Å². The van der Waals surface area contributed by atoms with Gasteiger partial charge in [-0.1, -0.05) is 0 Å². The fourth-order valence-electron chi connectivity index (χ4n) is 1.79. The molecule has 1 saturated heterocycles. The smallest absolute Gasteiger partial charge is 0.305 e. The average molecular weight is 186 g/mol. The Bertz CT molecular complexity index is 238. The minimum absolute atomic E-state index is 0.175. The minimum atomic E-state index is -0.192. The van der Waals surface area contributed by atoms with Crippen LogP contribution in [-0.2, 0) is 14.3 Å². The van der Waals surface area contributed by atoms with E-state index in [9.17, 15) is 9.59 Å². The standard InChI is InChI=1S/C8H10O3S/c1-11-6(10)2-4-7-5(9)3-12-8(4)7/h4,7-8H,2-3H2,1H3/t4-,7+,8+/m1/s1. The molecule has 1 aliphatic carbocycles. The number of hydrogen-bond acceptors (Lipinski definition) is 4. The SMILES string of the molecule is COC(=O)C[C@H]1[C@@H]2SCC(=O)[C@H]12. The van der Waals surface area contributed by atoms with Crippen molar-refractivity contribution in [3.8, 4) is 0 Å². The molecule has 4 heteroatoms. The minimum Gasteiger partial charge on any atom is -0.469 e. The number of hydrogen-bond donors (Lipinski definition) is 0. The van der Waals surface area contributed by atoms with Gasteiger partial charge < -0.3 is 4.74 Å². The number of Topliss-reactive ketones (excluding diaryl/α,β-unsaturated/α-hetero) is 1. The molecular formula is C8H10O3S. The van der Waals surface area contributed by atoms with Gasteiger partial charge in [0.15, 0.2) is 0 Å². The summed E-state index contributed by atoms with van der Waals surface area (Å²) in [6, 6.07) is 0. The number of esters is 1. The van der Waals surface area contributed by atoms with Crippen molar-refractivity contribution < 1.29 is 14.3 Å². The molecule has 1 saturated carbocycles. The molecule has 0 N–H and O–H groups in total. The Morgan fingerprint density at radius 3 is 3.00 bits per heavy atom. The van der Waals surface area contributed by atoms with Crippen molar-refractivity contribution in [2.45, 2.75) is 11.7 Å². The van der Waals surface area contributed by atoms with Gasteiger partial charge in [0.1, 0.15) is 5.78 Å². The first-order chi connectivity index (χ1) is 5.74. The zero-order valence-electron chi connectivity index (χ0n) is 6.78. The van der Waals surface area contributed by atoms with Crippen LogP contribution < -0.4 is 0 Å². The number of carbonyl (C=O) groups is 2. The zero-order valence-corrected chi connectivity index (χ0v) is 7.60. The predicted molar refractivity (Wildman–Crippen MR) is 44.9 cm³/mol. The summed E-state index contributed by atoms with van der Waals surface area (Å²) in [6.07, 6.45) is 0.421. The number of thioether (sulfide) groups is 1. The quantitative estimate of drug-likeness (QED) is 0.588. The highest BCUT2D eigenvalue weighted by Gasteiger charge is 2.59. The summed E-state index contributed by atoms with van der Waals surface area (Å²) in [7, 11) is 1.38. The van der Waals surface area contributed by atoms with Gasteiger partial charge in [0.25, 0.3) is 0 Å². The zero-order chi connectivity index (χ0) is 8.72. The van der Waals surface area contributed by atoms with E-state index < -0.39 is 0 Å². The Balaban J connectivity index is 1.88. The van der Waals surface area contributed by atoms with Crippen LogP contribution >= 0.6 is 11.8 Å². The van der Waals surface area contributed by atoms with Gasteiger partial charge in [0.05, 0.1) is 19.3 Å². The maximum atomic E-state index is 11.1. The molecule has 66 valence electrons. The first-order valence-corrected chi connectivity index (χ1v) is 5.00. The van der Waals surface area contributed by atoms with Crippen LogP contribution in [0.2, 0.25) is 0 Å². The molecule has 0 aromatic carbocycles. The second kappa shape index (κ2) is 2.76. The lowest BCUT2D eigenvalue weighted by molar-refractivity contribution is -0.141. The molecule has 0 bridgehead atoms. The van der Waals surface area contributed by atoms with Gasteiger partial charge in [-0.25, -0.2) is 0 Å². The molecule has 3 nitrogen and oxygen atoms in total. The molecule has 2 rings (SSSR count). The topological polar surface area (TPSA) is 43.4 Å². The van der Waals surface area contributed by atoms with Crippen molar-refractivity contribution >= 4 is 23.5 Å². The van der Waals surface area contributed by atoms with E-state index in [1.165, 1.54) is 7.11 Å². The molecule has 0 aromatic heterocycles. The predicted octanol–water partition coefficient (Wildman–Crippen LogP) is 0.480. The van der Waals surface area contributed by atoms with Crippen molar-refractivity contribution in [3.05, 3.63) is 0 Å². The summed E-state index contributed by atoms with van der Waals surface area (Å²) in [5, 5.41) is 0.427. The number of ether oxygens (including phenoxy) is 1. The first-order valence-electron chi connectivity index (χ1n) is 3.95. The summed E-state index contributed by atoms with van der Waals surface area (Å²) < 4.78 is 4.54. The van der Waals surface area contributed by atoms with Crippen molar-refractivity contribution in [1.82, 2.24) is 0 Å². The van der Waals surface area contributed by atoms with Crippen molar-refractivity contribution in [3.63, 3.8) is 0 Å². The molecule has 0 spiro atoms. The second-order valence-electron chi connectivity index (χ2n) is 3.21. The summed E-state index contributed by atoms with van der Waals surface area (Å²) in [5.41, 5.74) is 0. The molecule has 12 heavy (non-hydrogen) atoms. The highest BCUT2D eigenvalue weighted by Crippen LogP contribution is 2.56. The maximum absolute atomic E-state index is 11.1. The molecule has 1 heterocycles. The van der Waals surface area contributed by atoms with E-state index in [4.69, 9.17) is 0 Å². The van der Waals surface area contributed by atoms with E-state index in [1.807, 2.05) is 0 Å². The normalized spacial score (nSPS) is 37.8. The fraction of sp³-hybridized carbons (Fsp3) is 0.750. The van der Waals surface area contributed by atoms with Crippen LogP contribution in [0.15, 0.2) is 0 Å². The lowest BCUT2D eigenvalue weighted by atomic mass is 10.2.